The summed E-state index contributed by atoms with van der Waals surface area (Å²) in [5.74, 6) is 0.980. The van der Waals surface area contributed by atoms with Crippen molar-refractivity contribution in [1.82, 2.24) is 20.3 Å². The lowest BCUT2D eigenvalue weighted by atomic mass is 10.2. The van der Waals surface area contributed by atoms with Crippen LogP contribution in [0.15, 0.2) is 34.2 Å². The molecule has 30 heavy (non-hydrogen) atoms. The van der Waals surface area contributed by atoms with Gasteiger partial charge in [0.25, 0.3) is 0 Å². The Labute approximate surface area is 197 Å². The maximum atomic E-state index is 12.0. The molecular formula is C20H34IN5O3S. The van der Waals surface area contributed by atoms with Crippen molar-refractivity contribution < 1.29 is 13.2 Å². The van der Waals surface area contributed by atoms with Crippen LogP contribution in [0.4, 0.5) is 0 Å². The molecule has 10 heteroatoms. The van der Waals surface area contributed by atoms with Crippen molar-refractivity contribution in [2.24, 2.45) is 4.99 Å². The second-order valence-electron chi connectivity index (χ2n) is 7.02. The van der Waals surface area contributed by atoms with Gasteiger partial charge in [0.1, 0.15) is 0 Å². The normalized spacial score (nSPS) is 15.3. The highest BCUT2D eigenvalue weighted by molar-refractivity contribution is 14.0. The molecule has 8 nitrogen and oxygen atoms in total. The SMILES string of the molecule is CCNC(=NCc1ccc(S(=O)(=O)NC)cc1)NCCCN1CCCCCC1=O.I. The molecule has 0 saturated carbocycles. The number of aliphatic imine (C=N–C) groups is 1. The summed E-state index contributed by atoms with van der Waals surface area (Å²) in [7, 11) is -2.03. The number of guanidine groups is 1. The first-order chi connectivity index (χ1) is 14.0. The average Bonchev–Trinajstić information content (AvgIpc) is 2.93. The molecule has 0 aliphatic carbocycles. The first kappa shape index (κ1) is 26.6. The molecule has 1 aromatic carbocycles. The second kappa shape index (κ2) is 13.8. The number of carbonyl (C=O) groups excluding carboxylic acids is 1. The van der Waals surface area contributed by atoms with Gasteiger partial charge in [-0.15, -0.1) is 24.0 Å². The molecule has 0 bridgehead atoms. The van der Waals surface area contributed by atoms with Gasteiger partial charge in [-0.1, -0.05) is 18.6 Å². The van der Waals surface area contributed by atoms with Gasteiger partial charge in [-0.3, -0.25) is 4.79 Å². The maximum Gasteiger partial charge on any atom is 0.240 e. The zero-order chi connectivity index (χ0) is 21.1. The molecular weight excluding hydrogens is 517 g/mol. The highest BCUT2D eigenvalue weighted by Gasteiger charge is 2.15. The molecule has 2 rings (SSSR count). The minimum atomic E-state index is -3.42. The number of carbonyl (C=O) groups is 1. The lowest BCUT2D eigenvalue weighted by Gasteiger charge is -2.20. The van der Waals surface area contributed by atoms with Crippen molar-refractivity contribution in [1.29, 1.82) is 0 Å². The molecule has 3 N–H and O–H groups in total. The Bertz CT molecular complexity index is 784. The quantitative estimate of drug-likeness (QED) is 0.189. The van der Waals surface area contributed by atoms with Crippen LogP contribution < -0.4 is 15.4 Å². The average molecular weight is 551 g/mol. The Morgan fingerprint density at radius 1 is 1.13 bits per heavy atom. The van der Waals surface area contributed by atoms with Gasteiger partial charge in [0.05, 0.1) is 11.4 Å². The molecule has 0 aromatic heterocycles. The van der Waals surface area contributed by atoms with Gasteiger partial charge in [-0.05, 0) is 50.9 Å². The summed E-state index contributed by atoms with van der Waals surface area (Å²) in [5, 5.41) is 6.51. The minimum Gasteiger partial charge on any atom is -0.357 e. The summed E-state index contributed by atoms with van der Waals surface area (Å²) in [5.41, 5.74) is 0.924. The van der Waals surface area contributed by atoms with E-state index in [0.717, 1.165) is 57.4 Å². The lowest BCUT2D eigenvalue weighted by molar-refractivity contribution is -0.130. The number of hydrogen-bond acceptors (Lipinski definition) is 4. The number of nitrogens with one attached hydrogen (secondary N) is 3. The Morgan fingerprint density at radius 2 is 1.87 bits per heavy atom. The summed E-state index contributed by atoms with van der Waals surface area (Å²) >= 11 is 0. The Hall–Kier alpha value is -1.40. The van der Waals surface area contributed by atoms with Gasteiger partial charge < -0.3 is 15.5 Å². The van der Waals surface area contributed by atoms with Crippen molar-refractivity contribution >= 4 is 45.9 Å². The molecule has 1 fully saturated rings. The van der Waals surface area contributed by atoms with Crippen molar-refractivity contribution in [3.63, 3.8) is 0 Å². The molecule has 0 radical (unpaired) electrons. The fraction of sp³-hybridized carbons (Fsp3) is 0.600. The van der Waals surface area contributed by atoms with Crippen LogP contribution in [0.25, 0.3) is 0 Å². The number of rotatable bonds is 9. The molecule has 1 saturated heterocycles. The van der Waals surface area contributed by atoms with Crippen molar-refractivity contribution in [3.8, 4) is 0 Å². The first-order valence-electron chi connectivity index (χ1n) is 10.3. The zero-order valence-corrected chi connectivity index (χ0v) is 21.0. The van der Waals surface area contributed by atoms with E-state index < -0.39 is 10.0 Å². The number of likely N-dealkylation sites (tertiary alicyclic amines) is 1. The first-order valence-corrected chi connectivity index (χ1v) is 11.8. The topological polar surface area (TPSA) is 103 Å². The Kier molecular flexibility index (Phi) is 12.3. The van der Waals surface area contributed by atoms with E-state index in [-0.39, 0.29) is 34.8 Å². The van der Waals surface area contributed by atoms with Crippen LogP contribution in [0.1, 0.15) is 44.6 Å². The van der Waals surface area contributed by atoms with E-state index in [1.807, 2.05) is 11.8 Å². The predicted octanol–water partition coefficient (Wildman–Crippen LogP) is 2.06. The molecule has 170 valence electrons. The molecule has 0 atom stereocenters. The molecule has 1 aliphatic heterocycles. The smallest absolute Gasteiger partial charge is 0.240 e. The monoisotopic (exact) mass is 551 g/mol. The van der Waals surface area contributed by atoms with Gasteiger partial charge in [0.2, 0.25) is 15.9 Å². The van der Waals surface area contributed by atoms with Crippen LogP contribution in [0.3, 0.4) is 0 Å². The van der Waals surface area contributed by atoms with Gasteiger partial charge in [-0.2, -0.15) is 0 Å². The van der Waals surface area contributed by atoms with Gasteiger partial charge >= 0.3 is 0 Å². The molecule has 1 heterocycles. The number of amides is 1. The van der Waals surface area contributed by atoms with E-state index in [4.69, 9.17) is 0 Å². The second-order valence-corrected chi connectivity index (χ2v) is 8.90. The van der Waals surface area contributed by atoms with Crippen molar-refractivity contribution in [2.45, 2.75) is 50.5 Å². The zero-order valence-electron chi connectivity index (χ0n) is 17.8. The highest BCUT2D eigenvalue weighted by atomic mass is 127. The van der Waals surface area contributed by atoms with Crippen LogP contribution in [0, 0.1) is 0 Å². The standard InChI is InChI=1S/C20H33N5O3S.HI/c1-3-22-20(23-13-7-15-25-14-6-4-5-8-19(25)26)24-16-17-9-11-18(12-10-17)29(27,28)21-2;/h9-12,21H,3-8,13-16H2,1-2H3,(H2,22,23,24);1H. The summed E-state index contributed by atoms with van der Waals surface area (Å²) in [4.78, 5) is 18.8. The minimum absolute atomic E-state index is 0. The Balaban J connectivity index is 0.00000450. The molecule has 0 unspecified atom stereocenters. The Morgan fingerprint density at radius 3 is 2.53 bits per heavy atom. The highest BCUT2D eigenvalue weighted by Crippen LogP contribution is 2.12. The molecule has 0 spiro atoms. The van der Waals surface area contributed by atoms with E-state index in [2.05, 4.69) is 20.3 Å². The van der Waals surface area contributed by atoms with Crippen LogP contribution in [-0.2, 0) is 21.4 Å². The van der Waals surface area contributed by atoms with Crippen molar-refractivity contribution in [3.05, 3.63) is 29.8 Å². The third-order valence-electron chi connectivity index (χ3n) is 4.83. The molecule has 1 amide bonds. The van der Waals surface area contributed by atoms with E-state index in [1.165, 1.54) is 7.05 Å². The number of nitrogens with zero attached hydrogens (tertiary/aromatic N) is 2. The van der Waals surface area contributed by atoms with E-state index in [0.29, 0.717) is 18.9 Å². The number of sulfonamides is 1. The fourth-order valence-electron chi connectivity index (χ4n) is 3.16. The molecule has 1 aliphatic rings. The van der Waals surface area contributed by atoms with E-state index >= 15 is 0 Å². The van der Waals surface area contributed by atoms with Gasteiger partial charge in [-0.25, -0.2) is 18.1 Å². The third kappa shape index (κ3) is 8.76. The molecule has 1 aromatic rings. The number of benzene rings is 1. The summed E-state index contributed by atoms with van der Waals surface area (Å²) in [6.07, 6.45) is 4.78. The summed E-state index contributed by atoms with van der Waals surface area (Å²) in [6, 6.07) is 6.69. The van der Waals surface area contributed by atoms with Crippen LogP contribution in [0.2, 0.25) is 0 Å². The van der Waals surface area contributed by atoms with Crippen LogP contribution in [-0.4, -0.2) is 58.4 Å². The lowest BCUT2D eigenvalue weighted by Crippen LogP contribution is -2.39. The van der Waals surface area contributed by atoms with Crippen LogP contribution in [0.5, 0.6) is 0 Å². The predicted molar refractivity (Wildman–Crippen MR) is 131 cm³/mol. The summed E-state index contributed by atoms with van der Waals surface area (Å²) in [6.45, 7) is 5.56. The van der Waals surface area contributed by atoms with E-state index in [1.54, 1.807) is 24.3 Å². The van der Waals surface area contributed by atoms with Crippen molar-refractivity contribution in [2.75, 3.05) is 33.2 Å². The third-order valence-corrected chi connectivity index (χ3v) is 6.27. The maximum absolute atomic E-state index is 12.0. The fourth-order valence-corrected chi connectivity index (χ4v) is 3.89. The van der Waals surface area contributed by atoms with E-state index in [9.17, 15) is 13.2 Å². The van der Waals surface area contributed by atoms with Crippen LogP contribution >= 0.6 is 24.0 Å². The summed E-state index contributed by atoms with van der Waals surface area (Å²) < 4.78 is 25.9. The number of hydrogen-bond donors (Lipinski definition) is 3. The largest absolute Gasteiger partial charge is 0.357 e. The number of halogens is 1. The van der Waals surface area contributed by atoms with Gasteiger partial charge in [0, 0.05) is 32.6 Å². The van der Waals surface area contributed by atoms with Gasteiger partial charge in [0.15, 0.2) is 5.96 Å².